The molecule has 4 rings (SSSR count). The van der Waals surface area contributed by atoms with Crippen LogP contribution in [0, 0.1) is 0 Å². The van der Waals surface area contributed by atoms with Gasteiger partial charge in [0.25, 0.3) is 0 Å². The highest BCUT2D eigenvalue weighted by atomic mass is 32.2. The third-order valence-corrected chi connectivity index (χ3v) is 8.72. The molecule has 0 aliphatic heterocycles. The quantitative estimate of drug-likeness (QED) is 0.204. The molecule has 0 atom stereocenters. The summed E-state index contributed by atoms with van der Waals surface area (Å²) < 4.78 is 35.0. The summed E-state index contributed by atoms with van der Waals surface area (Å²) in [4.78, 5) is 33.7. The highest BCUT2D eigenvalue weighted by Gasteiger charge is 2.26. The highest BCUT2D eigenvalue weighted by Crippen LogP contribution is 2.36. The van der Waals surface area contributed by atoms with Gasteiger partial charge in [0.15, 0.2) is 0 Å². The van der Waals surface area contributed by atoms with Crippen LogP contribution in [0.2, 0.25) is 0 Å². The fourth-order valence-electron chi connectivity index (χ4n) is 4.10. The summed E-state index contributed by atoms with van der Waals surface area (Å²) in [6.07, 6.45) is 4.33. The highest BCUT2D eigenvalue weighted by molar-refractivity contribution is 7.89. The van der Waals surface area contributed by atoms with Crippen molar-refractivity contribution in [1.29, 1.82) is 0 Å². The summed E-state index contributed by atoms with van der Waals surface area (Å²) in [6.45, 7) is 9.04. The monoisotopic (exact) mass is 621 g/mol. The predicted octanol–water partition coefficient (Wildman–Crippen LogP) is 5.76. The number of thiazole rings is 1. The third-order valence-electron chi connectivity index (χ3n) is 5.85. The number of pyridine rings is 1. The fraction of sp³-hybridized carbons (Fsp3) is 0.290. The molecule has 43 heavy (non-hydrogen) atoms. The normalized spacial score (nSPS) is 11.8. The zero-order chi connectivity index (χ0) is 31.2. The van der Waals surface area contributed by atoms with Crippen molar-refractivity contribution in [1.82, 2.24) is 20.0 Å². The van der Waals surface area contributed by atoms with Crippen LogP contribution in [0.1, 0.15) is 45.7 Å². The van der Waals surface area contributed by atoms with Crippen molar-refractivity contribution in [3.63, 3.8) is 0 Å². The molecule has 3 N–H and O–H groups in total. The number of aromatic nitrogens is 2. The van der Waals surface area contributed by atoms with Gasteiger partial charge in [0.1, 0.15) is 5.01 Å². The molecule has 0 aliphatic carbocycles. The number of anilines is 1. The van der Waals surface area contributed by atoms with Gasteiger partial charge in [0.2, 0.25) is 15.9 Å². The average Bonchev–Trinajstić information content (AvgIpc) is 3.41. The van der Waals surface area contributed by atoms with E-state index in [-0.39, 0.29) is 29.9 Å². The van der Waals surface area contributed by atoms with E-state index in [4.69, 9.17) is 4.74 Å². The van der Waals surface area contributed by atoms with Gasteiger partial charge in [-0.15, -0.1) is 11.3 Å². The summed E-state index contributed by atoms with van der Waals surface area (Å²) in [5.41, 5.74) is 2.61. The number of ether oxygens (including phenoxy) is 1. The number of hydrogen-bond donors (Lipinski definition) is 3. The van der Waals surface area contributed by atoms with Crippen LogP contribution in [-0.4, -0.2) is 42.0 Å². The van der Waals surface area contributed by atoms with E-state index < -0.39 is 21.7 Å². The van der Waals surface area contributed by atoms with Gasteiger partial charge in [0, 0.05) is 47.5 Å². The van der Waals surface area contributed by atoms with Crippen molar-refractivity contribution < 1.29 is 22.7 Å². The molecule has 12 heteroatoms. The number of carbonyl (C=O) groups is 2. The molecule has 0 aliphatic rings. The topological polar surface area (TPSA) is 139 Å². The Labute approximate surface area is 256 Å². The number of sulfonamides is 1. The van der Waals surface area contributed by atoms with E-state index in [0.717, 1.165) is 11.1 Å². The van der Waals surface area contributed by atoms with E-state index in [0.29, 0.717) is 26.7 Å². The van der Waals surface area contributed by atoms with Crippen molar-refractivity contribution in [2.45, 2.75) is 64.1 Å². The smallest absolute Gasteiger partial charge is 0.411 e. The Morgan fingerprint density at radius 1 is 1.00 bits per heavy atom. The number of hydrogen-bond acceptors (Lipinski definition) is 8. The molecule has 2 aromatic carbocycles. The number of amides is 2. The van der Waals surface area contributed by atoms with Crippen LogP contribution in [0.25, 0.3) is 21.0 Å². The Morgan fingerprint density at radius 2 is 1.74 bits per heavy atom. The van der Waals surface area contributed by atoms with Gasteiger partial charge in [-0.2, -0.15) is 0 Å². The summed E-state index contributed by atoms with van der Waals surface area (Å²) in [7, 11) is -3.93. The predicted molar refractivity (Wildman–Crippen MR) is 168 cm³/mol. The molecule has 226 valence electrons. The zero-order valence-corrected chi connectivity index (χ0v) is 26.3. The number of benzene rings is 2. The maximum Gasteiger partial charge on any atom is 0.411 e. The molecule has 0 spiro atoms. The standard InChI is InChI=1S/C31H35N5O5S2/c1-20(2)41-30(38)35-24-11-9-23(10-12-24)29-34-19-26(42-29)25-13-8-22(15-27(25)43(39,40)36-31(3,4)5)18-33-28(37)16-21-7-6-14-32-17-21/h6-15,17,19-20,36H,16,18H2,1-5H3,(H,33,37)(H,35,38). The molecule has 0 fully saturated rings. The van der Waals surface area contributed by atoms with Crippen LogP contribution in [-0.2, 0) is 32.5 Å². The van der Waals surface area contributed by atoms with Gasteiger partial charge in [0.05, 0.1) is 22.3 Å². The van der Waals surface area contributed by atoms with Crippen molar-refractivity contribution in [2.75, 3.05) is 5.32 Å². The molecule has 4 aromatic rings. The lowest BCUT2D eigenvalue weighted by Gasteiger charge is -2.22. The maximum atomic E-state index is 13.6. The van der Waals surface area contributed by atoms with Gasteiger partial charge >= 0.3 is 6.09 Å². The van der Waals surface area contributed by atoms with E-state index >= 15 is 0 Å². The second kappa shape index (κ2) is 13.4. The van der Waals surface area contributed by atoms with Crippen LogP contribution in [0.5, 0.6) is 0 Å². The minimum atomic E-state index is -3.93. The first-order valence-electron chi connectivity index (χ1n) is 13.7. The summed E-state index contributed by atoms with van der Waals surface area (Å²) in [6, 6.07) is 15.9. The number of carbonyl (C=O) groups excluding carboxylic acids is 2. The van der Waals surface area contributed by atoms with E-state index in [1.165, 1.54) is 11.3 Å². The van der Waals surface area contributed by atoms with Crippen molar-refractivity contribution in [3.8, 4) is 21.0 Å². The first kappa shape index (κ1) is 31.8. The molecule has 0 saturated carbocycles. The molecular formula is C31H35N5O5S2. The second-order valence-corrected chi connectivity index (χ2v) is 13.9. The summed E-state index contributed by atoms with van der Waals surface area (Å²) in [5.74, 6) is -0.195. The molecule has 0 radical (unpaired) electrons. The van der Waals surface area contributed by atoms with Gasteiger partial charge in [-0.3, -0.25) is 15.1 Å². The molecule has 0 saturated heterocycles. The third kappa shape index (κ3) is 9.18. The first-order valence-corrected chi connectivity index (χ1v) is 16.0. The van der Waals surface area contributed by atoms with Crippen LogP contribution in [0.4, 0.5) is 10.5 Å². The zero-order valence-electron chi connectivity index (χ0n) is 24.7. The van der Waals surface area contributed by atoms with Gasteiger partial charge in [-0.25, -0.2) is 22.9 Å². The molecule has 10 nitrogen and oxygen atoms in total. The lowest BCUT2D eigenvalue weighted by atomic mass is 10.1. The minimum Gasteiger partial charge on any atom is -0.447 e. The lowest BCUT2D eigenvalue weighted by molar-refractivity contribution is -0.120. The Balaban J connectivity index is 1.57. The van der Waals surface area contributed by atoms with Crippen LogP contribution in [0.3, 0.4) is 0 Å². The summed E-state index contributed by atoms with van der Waals surface area (Å²) in [5, 5.41) is 6.22. The summed E-state index contributed by atoms with van der Waals surface area (Å²) >= 11 is 1.35. The van der Waals surface area contributed by atoms with Gasteiger partial charge < -0.3 is 10.1 Å². The molecular weight excluding hydrogens is 587 g/mol. The SMILES string of the molecule is CC(C)OC(=O)Nc1ccc(-c2ncc(-c3ccc(CNC(=O)Cc4cccnc4)cc3S(=O)(=O)NC(C)(C)C)s2)cc1. The molecule has 2 amide bonds. The molecule has 0 unspecified atom stereocenters. The maximum absolute atomic E-state index is 13.6. The first-order chi connectivity index (χ1) is 20.3. The van der Waals surface area contributed by atoms with Crippen molar-refractivity contribution in [3.05, 3.63) is 84.3 Å². The van der Waals surface area contributed by atoms with Crippen molar-refractivity contribution in [2.24, 2.45) is 0 Å². The Morgan fingerprint density at radius 3 is 2.40 bits per heavy atom. The van der Waals surface area contributed by atoms with Crippen molar-refractivity contribution >= 4 is 39.0 Å². The Hall–Kier alpha value is -4.13. The van der Waals surface area contributed by atoms with Crippen LogP contribution >= 0.6 is 11.3 Å². The molecule has 2 heterocycles. The number of rotatable bonds is 10. The second-order valence-electron chi connectivity index (χ2n) is 11.2. The van der Waals surface area contributed by atoms with E-state index in [1.54, 1.807) is 89.6 Å². The molecule has 0 bridgehead atoms. The minimum absolute atomic E-state index is 0.0971. The number of nitrogens with one attached hydrogen (secondary N) is 3. The van der Waals surface area contributed by atoms with E-state index in [1.807, 2.05) is 18.2 Å². The lowest BCUT2D eigenvalue weighted by Crippen LogP contribution is -2.40. The van der Waals surface area contributed by atoms with Crippen LogP contribution < -0.4 is 15.4 Å². The molecule has 2 aromatic heterocycles. The number of nitrogens with zero attached hydrogens (tertiary/aromatic N) is 2. The largest absolute Gasteiger partial charge is 0.447 e. The van der Waals surface area contributed by atoms with Gasteiger partial charge in [-0.1, -0.05) is 18.2 Å². The fourth-order valence-corrected chi connectivity index (χ4v) is 6.82. The van der Waals surface area contributed by atoms with E-state index in [9.17, 15) is 18.0 Å². The Bertz CT molecular complexity index is 1680. The van der Waals surface area contributed by atoms with Crippen LogP contribution in [0.15, 0.2) is 78.1 Å². The Kier molecular flexibility index (Phi) is 9.95. The average molecular weight is 622 g/mol. The van der Waals surface area contributed by atoms with E-state index in [2.05, 4.69) is 25.3 Å². The van der Waals surface area contributed by atoms with Gasteiger partial charge in [-0.05, 0) is 82.1 Å².